The van der Waals surface area contributed by atoms with Crippen LogP contribution in [0.15, 0.2) is 29.8 Å². The Balaban J connectivity index is 1.92. The average molecular weight is 240 g/mol. The van der Waals surface area contributed by atoms with E-state index in [0.29, 0.717) is 18.7 Å². The Morgan fingerprint density at radius 2 is 2.12 bits per heavy atom. The molecule has 0 spiro atoms. The standard InChI is InChI=1S/C11H10F2N2S/c12-9-1-2-10(13)8(5-9)6-14-7-11-15-3-4-16-11/h1-5,14H,6-7H2. The van der Waals surface area contributed by atoms with Gasteiger partial charge in [0.05, 0.1) is 0 Å². The molecule has 2 aromatic rings. The van der Waals surface area contributed by atoms with Crippen LogP contribution in [0.25, 0.3) is 0 Å². The zero-order valence-corrected chi connectivity index (χ0v) is 9.23. The Morgan fingerprint density at radius 3 is 2.88 bits per heavy atom. The highest BCUT2D eigenvalue weighted by Gasteiger charge is 2.03. The molecule has 16 heavy (non-hydrogen) atoms. The number of nitrogens with one attached hydrogen (secondary N) is 1. The Bertz CT molecular complexity index is 457. The minimum atomic E-state index is -0.424. The molecule has 0 saturated carbocycles. The molecule has 1 aromatic heterocycles. The fraction of sp³-hybridized carbons (Fsp3) is 0.182. The van der Waals surface area contributed by atoms with Crippen LogP contribution < -0.4 is 5.32 Å². The summed E-state index contributed by atoms with van der Waals surface area (Å²) >= 11 is 1.52. The van der Waals surface area contributed by atoms with Crippen molar-refractivity contribution in [3.63, 3.8) is 0 Å². The zero-order valence-electron chi connectivity index (χ0n) is 8.41. The molecule has 0 saturated heterocycles. The van der Waals surface area contributed by atoms with Crippen molar-refractivity contribution in [2.24, 2.45) is 0 Å². The lowest BCUT2D eigenvalue weighted by Crippen LogP contribution is -2.13. The molecule has 2 rings (SSSR count). The molecular weight excluding hydrogens is 230 g/mol. The van der Waals surface area contributed by atoms with Gasteiger partial charge in [-0.15, -0.1) is 11.3 Å². The van der Waals surface area contributed by atoms with Gasteiger partial charge in [0.1, 0.15) is 16.6 Å². The minimum absolute atomic E-state index is 0.295. The normalized spacial score (nSPS) is 10.6. The summed E-state index contributed by atoms with van der Waals surface area (Å²) in [6.45, 7) is 0.858. The van der Waals surface area contributed by atoms with E-state index in [-0.39, 0.29) is 0 Å². The molecule has 1 aromatic carbocycles. The van der Waals surface area contributed by atoms with Crippen molar-refractivity contribution in [3.05, 3.63) is 52.0 Å². The number of hydrogen-bond acceptors (Lipinski definition) is 3. The number of halogens is 2. The molecule has 0 bridgehead atoms. The molecule has 0 aliphatic heterocycles. The van der Waals surface area contributed by atoms with E-state index >= 15 is 0 Å². The molecule has 1 N–H and O–H groups in total. The topological polar surface area (TPSA) is 24.9 Å². The quantitative estimate of drug-likeness (QED) is 0.888. The van der Waals surface area contributed by atoms with Crippen molar-refractivity contribution >= 4 is 11.3 Å². The summed E-state index contributed by atoms with van der Waals surface area (Å²) < 4.78 is 26.1. The van der Waals surface area contributed by atoms with E-state index in [2.05, 4.69) is 10.3 Å². The van der Waals surface area contributed by atoms with Crippen molar-refractivity contribution in [3.8, 4) is 0 Å². The summed E-state index contributed by atoms with van der Waals surface area (Å²) in [5.74, 6) is -0.819. The maximum Gasteiger partial charge on any atom is 0.127 e. The third-order valence-corrected chi connectivity index (χ3v) is 2.86. The highest BCUT2D eigenvalue weighted by molar-refractivity contribution is 7.09. The van der Waals surface area contributed by atoms with Gasteiger partial charge in [-0.3, -0.25) is 0 Å². The molecule has 0 radical (unpaired) electrons. The summed E-state index contributed by atoms with van der Waals surface area (Å²) in [6, 6.07) is 3.44. The predicted octanol–water partition coefficient (Wildman–Crippen LogP) is 2.71. The van der Waals surface area contributed by atoms with Gasteiger partial charge in [-0.05, 0) is 18.2 Å². The summed E-state index contributed by atoms with van der Waals surface area (Å²) in [6.07, 6.45) is 1.71. The molecule has 0 atom stereocenters. The van der Waals surface area contributed by atoms with Crippen LogP contribution in [0.2, 0.25) is 0 Å². The van der Waals surface area contributed by atoms with Gasteiger partial charge in [0.15, 0.2) is 0 Å². The predicted molar refractivity (Wildman–Crippen MR) is 59.0 cm³/mol. The van der Waals surface area contributed by atoms with Crippen LogP contribution in [-0.2, 0) is 13.1 Å². The molecule has 84 valence electrons. The van der Waals surface area contributed by atoms with E-state index in [4.69, 9.17) is 0 Å². The smallest absolute Gasteiger partial charge is 0.127 e. The number of thiazole rings is 1. The SMILES string of the molecule is Fc1ccc(F)c(CNCc2nccs2)c1. The minimum Gasteiger partial charge on any atom is -0.306 e. The number of hydrogen-bond donors (Lipinski definition) is 1. The molecule has 2 nitrogen and oxygen atoms in total. The Labute approximate surface area is 96.0 Å². The van der Waals surface area contributed by atoms with E-state index in [1.54, 1.807) is 6.20 Å². The largest absolute Gasteiger partial charge is 0.306 e. The third-order valence-electron chi connectivity index (χ3n) is 2.08. The van der Waals surface area contributed by atoms with E-state index in [1.165, 1.54) is 17.4 Å². The van der Waals surface area contributed by atoms with Crippen LogP contribution in [0, 0.1) is 11.6 Å². The van der Waals surface area contributed by atoms with Crippen molar-refractivity contribution in [1.29, 1.82) is 0 Å². The number of benzene rings is 1. The second-order valence-corrected chi connectivity index (χ2v) is 4.24. The zero-order chi connectivity index (χ0) is 11.4. The lowest BCUT2D eigenvalue weighted by atomic mass is 10.2. The van der Waals surface area contributed by atoms with Gasteiger partial charge in [-0.1, -0.05) is 0 Å². The number of rotatable bonds is 4. The first kappa shape index (κ1) is 11.2. The summed E-state index contributed by atoms with van der Waals surface area (Å²) in [7, 11) is 0. The van der Waals surface area contributed by atoms with Gasteiger partial charge in [-0.25, -0.2) is 13.8 Å². The van der Waals surface area contributed by atoms with Gasteiger partial charge >= 0.3 is 0 Å². The molecule has 0 amide bonds. The monoisotopic (exact) mass is 240 g/mol. The first-order chi connectivity index (χ1) is 7.75. The molecule has 0 aliphatic carbocycles. The van der Waals surface area contributed by atoms with E-state index in [0.717, 1.165) is 17.1 Å². The van der Waals surface area contributed by atoms with Crippen LogP contribution in [0.3, 0.4) is 0 Å². The van der Waals surface area contributed by atoms with Gasteiger partial charge in [0.2, 0.25) is 0 Å². The number of aromatic nitrogens is 1. The van der Waals surface area contributed by atoms with Gasteiger partial charge in [-0.2, -0.15) is 0 Å². The fourth-order valence-corrected chi connectivity index (χ4v) is 1.91. The van der Waals surface area contributed by atoms with Crippen molar-refractivity contribution in [2.45, 2.75) is 13.1 Å². The lowest BCUT2D eigenvalue weighted by Gasteiger charge is -2.04. The van der Waals surface area contributed by atoms with Gasteiger partial charge in [0, 0.05) is 30.2 Å². The highest BCUT2D eigenvalue weighted by atomic mass is 32.1. The highest BCUT2D eigenvalue weighted by Crippen LogP contribution is 2.10. The summed E-state index contributed by atoms with van der Waals surface area (Å²) in [4.78, 5) is 4.08. The second-order valence-electron chi connectivity index (χ2n) is 3.27. The van der Waals surface area contributed by atoms with Crippen molar-refractivity contribution in [2.75, 3.05) is 0 Å². The maximum absolute atomic E-state index is 13.2. The average Bonchev–Trinajstić information content (AvgIpc) is 2.76. The van der Waals surface area contributed by atoms with Crippen LogP contribution in [0.4, 0.5) is 8.78 Å². The summed E-state index contributed by atoms with van der Waals surface area (Å²) in [5.41, 5.74) is 0.330. The summed E-state index contributed by atoms with van der Waals surface area (Å²) in [5, 5.41) is 5.82. The van der Waals surface area contributed by atoms with E-state index in [9.17, 15) is 8.78 Å². The van der Waals surface area contributed by atoms with E-state index in [1.807, 2.05) is 5.38 Å². The van der Waals surface area contributed by atoms with Gasteiger partial charge < -0.3 is 5.32 Å². The molecule has 5 heteroatoms. The van der Waals surface area contributed by atoms with Crippen molar-refractivity contribution < 1.29 is 8.78 Å². The Hall–Kier alpha value is -1.33. The van der Waals surface area contributed by atoms with Gasteiger partial charge in [0.25, 0.3) is 0 Å². The lowest BCUT2D eigenvalue weighted by molar-refractivity contribution is 0.568. The Morgan fingerprint density at radius 1 is 1.25 bits per heavy atom. The fourth-order valence-electron chi connectivity index (χ4n) is 1.32. The molecule has 0 aliphatic rings. The molecular formula is C11H10F2N2S. The maximum atomic E-state index is 13.2. The second kappa shape index (κ2) is 5.14. The number of nitrogens with zero attached hydrogens (tertiary/aromatic N) is 1. The third kappa shape index (κ3) is 2.84. The molecule has 0 unspecified atom stereocenters. The molecule has 1 heterocycles. The van der Waals surface area contributed by atoms with Crippen LogP contribution in [-0.4, -0.2) is 4.98 Å². The van der Waals surface area contributed by atoms with E-state index < -0.39 is 11.6 Å². The van der Waals surface area contributed by atoms with Crippen molar-refractivity contribution in [1.82, 2.24) is 10.3 Å². The van der Waals surface area contributed by atoms with Crippen LogP contribution in [0.1, 0.15) is 10.6 Å². The first-order valence-corrected chi connectivity index (χ1v) is 5.66. The molecule has 0 fully saturated rings. The Kier molecular flexibility index (Phi) is 3.58. The van der Waals surface area contributed by atoms with Crippen LogP contribution >= 0.6 is 11.3 Å². The first-order valence-electron chi connectivity index (χ1n) is 4.79. The van der Waals surface area contributed by atoms with Crippen LogP contribution in [0.5, 0.6) is 0 Å².